The maximum Gasteiger partial charge on any atom is 0.118 e. The van der Waals surface area contributed by atoms with E-state index in [4.69, 9.17) is 4.74 Å². The first kappa shape index (κ1) is 14.9. The Morgan fingerprint density at radius 1 is 1.19 bits per heavy atom. The van der Waals surface area contributed by atoms with E-state index in [0.29, 0.717) is 6.04 Å². The highest BCUT2D eigenvalue weighted by Gasteiger charge is 2.34. The molecule has 2 aliphatic rings. The Kier molecular flexibility index (Phi) is 4.81. The molecular formula is C18H28N2O. The van der Waals surface area contributed by atoms with Crippen LogP contribution in [0.4, 0.5) is 0 Å². The van der Waals surface area contributed by atoms with Gasteiger partial charge < -0.3 is 10.1 Å². The van der Waals surface area contributed by atoms with E-state index in [1.54, 1.807) is 7.11 Å². The average molecular weight is 288 g/mol. The van der Waals surface area contributed by atoms with Crippen molar-refractivity contribution in [3.63, 3.8) is 0 Å². The third kappa shape index (κ3) is 3.98. The van der Waals surface area contributed by atoms with Gasteiger partial charge >= 0.3 is 0 Å². The lowest BCUT2D eigenvalue weighted by molar-refractivity contribution is 0.201. The Labute approximate surface area is 128 Å². The maximum atomic E-state index is 5.23. The van der Waals surface area contributed by atoms with Crippen LogP contribution >= 0.6 is 0 Å². The topological polar surface area (TPSA) is 24.5 Å². The molecule has 1 aromatic carbocycles. The largest absolute Gasteiger partial charge is 0.497 e. The van der Waals surface area contributed by atoms with Crippen molar-refractivity contribution in [3.8, 4) is 5.75 Å². The quantitative estimate of drug-likeness (QED) is 0.901. The fourth-order valence-electron chi connectivity index (χ4n) is 3.35. The van der Waals surface area contributed by atoms with E-state index < -0.39 is 0 Å². The molecule has 116 valence electrons. The minimum Gasteiger partial charge on any atom is -0.497 e. The molecule has 2 fully saturated rings. The second-order valence-electron chi connectivity index (χ2n) is 6.63. The third-order valence-corrected chi connectivity index (χ3v) is 5.06. The Bertz CT molecular complexity index is 441. The van der Waals surface area contributed by atoms with Crippen molar-refractivity contribution >= 4 is 0 Å². The first-order valence-electron chi connectivity index (χ1n) is 8.36. The highest BCUT2D eigenvalue weighted by Crippen LogP contribution is 2.34. The van der Waals surface area contributed by atoms with Gasteiger partial charge in [-0.2, -0.15) is 0 Å². The smallest absolute Gasteiger partial charge is 0.118 e. The predicted molar refractivity (Wildman–Crippen MR) is 86.9 cm³/mol. The minimum atomic E-state index is 0.694. The summed E-state index contributed by atoms with van der Waals surface area (Å²) in [5.41, 5.74) is 1.41. The van der Waals surface area contributed by atoms with Gasteiger partial charge in [-0.15, -0.1) is 0 Å². The van der Waals surface area contributed by atoms with Gasteiger partial charge in [-0.1, -0.05) is 12.1 Å². The molecule has 3 heteroatoms. The van der Waals surface area contributed by atoms with Crippen molar-refractivity contribution < 1.29 is 4.74 Å². The van der Waals surface area contributed by atoms with Crippen molar-refractivity contribution in [2.45, 2.75) is 44.7 Å². The minimum absolute atomic E-state index is 0.694. The molecule has 1 N–H and O–H groups in total. The second-order valence-corrected chi connectivity index (χ2v) is 6.63. The van der Waals surface area contributed by atoms with Crippen LogP contribution in [0.5, 0.6) is 5.75 Å². The van der Waals surface area contributed by atoms with E-state index in [1.807, 2.05) is 0 Å². The van der Waals surface area contributed by atoms with Crippen LogP contribution in [0.2, 0.25) is 0 Å². The highest BCUT2D eigenvalue weighted by atomic mass is 16.5. The van der Waals surface area contributed by atoms with Crippen LogP contribution < -0.4 is 10.1 Å². The van der Waals surface area contributed by atoms with Crippen LogP contribution in [0.25, 0.3) is 0 Å². The summed E-state index contributed by atoms with van der Waals surface area (Å²) in [6.07, 6.45) is 5.26. The van der Waals surface area contributed by atoms with Gasteiger partial charge in [0.15, 0.2) is 0 Å². The van der Waals surface area contributed by atoms with Crippen molar-refractivity contribution in [1.29, 1.82) is 0 Å². The molecule has 1 saturated carbocycles. The molecule has 0 bridgehead atoms. The van der Waals surface area contributed by atoms with Crippen LogP contribution in [0.3, 0.4) is 0 Å². The number of rotatable bonds is 5. The van der Waals surface area contributed by atoms with Crippen LogP contribution in [-0.2, 0) is 6.42 Å². The predicted octanol–water partition coefficient (Wildman–Crippen LogP) is 2.70. The van der Waals surface area contributed by atoms with Crippen molar-refractivity contribution in [2.24, 2.45) is 5.92 Å². The van der Waals surface area contributed by atoms with E-state index in [-0.39, 0.29) is 0 Å². The van der Waals surface area contributed by atoms with Gasteiger partial charge in [0.2, 0.25) is 0 Å². The van der Waals surface area contributed by atoms with E-state index in [0.717, 1.165) is 24.1 Å². The normalized spacial score (nSPS) is 27.3. The number of benzene rings is 1. The lowest BCUT2D eigenvalue weighted by Crippen LogP contribution is -2.42. The van der Waals surface area contributed by atoms with Crippen molar-refractivity contribution in [3.05, 3.63) is 29.8 Å². The van der Waals surface area contributed by atoms with E-state index in [2.05, 4.69) is 41.4 Å². The van der Waals surface area contributed by atoms with Gasteiger partial charge in [0.1, 0.15) is 5.75 Å². The summed E-state index contributed by atoms with van der Waals surface area (Å²) in [5.74, 6) is 1.89. The van der Waals surface area contributed by atoms with Crippen LogP contribution in [0, 0.1) is 5.92 Å². The lowest BCUT2D eigenvalue weighted by Gasteiger charge is -2.29. The summed E-state index contributed by atoms with van der Waals surface area (Å²) >= 11 is 0. The molecule has 0 aromatic heterocycles. The van der Waals surface area contributed by atoms with Crippen molar-refractivity contribution in [1.82, 2.24) is 10.2 Å². The van der Waals surface area contributed by atoms with Gasteiger partial charge in [-0.25, -0.2) is 0 Å². The SMILES string of the molecule is COc1ccc(CCN2CC(C3CC3)NCCC2C)cc1. The Hall–Kier alpha value is -1.06. The highest BCUT2D eigenvalue weighted by molar-refractivity contribution is 5.27. The molecule has 1 aromatic rings. The van der Waals surface area contributed by atoms with Gasteiger partial charge in [-0.3, -0.25) is 4.90 Å². The number of methoxy groups -OCH3 is 1. The molecule has 2 atom stereocenters. The summed E-state index contributed by atoms with van der Waals surface area (Å²) < 4.78 is 5.23. The number of nitrogens with one attached hydrogen (secondary N) is 1. The molecule has 0 radical (unpaired) electrons. The van der Waals surface area contributed by atoms with Gasteiger partial charge in [0.25, 0.3) is 0 Å². The van der Waals surface area contributed by atoms with E-state index >= 15 is 0 Å². The molecule has 3 rings (SSSR count). The monoisotopic (exact) mass is 288 g/mol. The summed E-state index contributed by atoms with van der Waals surface area (Å²) in [5, 5.41) is 3.76. The summed E-state index contributed by atoms with van der Waals surface area (Å²) in [6, 6.07) is 9.94. The molecule has 3 nitrogen and oxygen atoms in total. The fourth-order valence-corrected chi connectivity index (χ4v) is 3.35. The standard InChI is InChI=1S/C18H28N2O/c1-14-9-11-19-18(16-5-6-16)13-20(14)12-10-15-3-7-17(21-2)8-4-15/h3-4,7-8,14,16,18-19H,5-6,9-13H2,1-2H3. The molecule has 1 saturated heterocycles. The molecule has 1 aliphatic carbocycles. The second kappa shape index (κ2) is 6.80. The first-order chi connectivity index (χ1) is 10.3. The summed E-state index contributed by atoms with van der Waals surface area (Å²) in [4.78, 5) is 2.69. The fraction of sp³-hybridized carbons (Fsp3) is 0.667. The zero-order chi connectivity index (χ0) is 14.7. The average Bonchev–Trinajstić information content (AvgIpc) is 3.34. The summed E-state index contributed by atoms with van der Waals surface area (Å²) in [6.45, 7) is 5.95. The van der Waals surface area contributed by atoms with Crippen molar-refractivity contribution in [2.75, 3.05) is 26.7 Å². The van der Waals surface area contributed by atoms with Crippen LogP contribution in [-0.4, -0.2) is 43.7 Å². The Morgan fingerprint density at radius 3 is 2.62 bits per heavy atom. The molecule has 21 heavy (non-hydrogen) atoms. The molecule has 1 heterocycles. The van der Waals surface area contributed by atoms with Gasteiger partial charge in [0.05, 0.1) is 7.11 Å². The Balaban J connectivity index is 1.55. The molecule has 0 amide bonds. The third-order valence-electron chi connectivity index (χ3n) is 5.06. The number of ether oxygens (including phenoxy) is 1. The van der Waals surface area contributed by atoms with Gasteiger partial charge in [0, 0.05) is 25.2 Å². The molecular weight excluding hydrogens is 260 g/mol. The van der Waals surface area contributed by atoms with E-state index in [1.165, 1.54) is 44.5 Å². The first-order valence-corrected chi connectivity index (χ1v) is 8.36. The zero-order valence-corrected chi connectivity index (χ0v) is 13.3. The zero-order valence-electron chi connectivity index (χ0n) is 13.3. The van der Waals surface area contributed by atoms with E-state index in [9.17, 15) is 0 Å². The maximum absolute atomic E-state index is 5.23. The lowest BCUT2D eigenvalue weighted by atomic mass is 10.1. The number of hydrogen-bond donors (Lipinski definition) is 1. The Morgan fingerprint density at radius 2 is 1.95 bits per heavy atom. The number of hydrogen-bond acceptors (Lipinski definition) is 3. The van der Waals surface area contributed by atoms with Crippen LogP contribution in [0.15, 0.2) is 24.3 Å². The molecule has 0 spiro atoms. The number of nitrogens with zero attached hydrogens (tertiary/aromatic N) is 1. The van der Waals surface area contributed by atoms with Crippen LogP contribution in [0.1, 0.15) is 31.7 Å². The molecule has 1 aliphatic heterocycles. The molecule has 2 unspecified atom stereocenters. The summed E-state index contributed by atoms with van der Waals surface area (Å²) in [7, 11) is 1.72. The van der Waals surface area contributed by atoms with Gasteiger partial charge in [-0.05, 0) is 62.8 Å².